The van der Waals surface area contributed by atoms with Crippen molar-refractivity contribution in [2.45, 2.75) is 18.2 Å². The van der Waals surface area contributed by atoms with Crippen molar-refractivity contribution in [2.75, 3.05) is 49.4 Å². The molecular weight excluding hydrogens is 550 g/mol. The maximum atomic E-state index is 12.9. The molecule has 3 aromatic carbocycles. The molecular formula is C29H30ClN5O4S. The molecule has 0 spiro atoms. The van der Waals surface area contributed by atoms with Crippen LogP contribution in [0.3, 0.4) is 0 Å². The molecule has 9 nitrogen and oxygen atoms in total. The zero-order valence-electron chi connectivity index (χ0n) is 22.2. The number of anilines is 2. The number of hydrogen-bond donors (Lipinski definition) is 1. The molecule has 0 aliphatic carbocycles. The Balaban J connectivity index is 1.27. The molecule has 1 aliphatic heterocycles. The molecule has 1 N–H and O–H groups in total. The number of morpholine rings is 1. The molecule has 1 amide bonds. The largest absolute Gasteiger partial charge is 0.497 e. The molecule has 11 heteroatoms. The average molecular weight is 580 g/mol. The number of nitrogens with zero attached hydrogens (tertiary/aromatic N) is 4. The fourth-order valence-electron chi connectivity index (χ4n) is 4.34. The number of para-hydroxylation sites is 1. The molecule has 1 aliphatic rings. The van der Waals surface area contributed by atoms with Gasteiger partial charge in [-0.15, -0.1) is 10.2 Å². The van der Waals surface area contributed by atoms with Gasteiger partial charge in [-0.05, 0) is 61.5 Å². The lowest BCUT2D eigenvalue weighted by molar-refractivity contribution is -0.113. The van der Waals surface area contributed by atoms with E-state index in [1.165, 1.54) is 11.8 Å². The first kappa shape index (κ1) is 27.8. The van der Waals surface area contributed by atoms with Crippen LogP contribution in [0, 0.1) is 0 Å². The van der Waals surface area contributed by atoms with Gasteiger partial charge in [-0.2, -0.15) is 0 Å². The van der Waals surface area contributed by atoms with E-state index >= 15 is 0 Å². The van der Waals surface area contributed by atoms with E-state index in [1.54, 1.807) is 13.2 Å². The number of ether oxygens (including phenoxy) is 3. The zero-order valence-corrected chi connectivity index (χ0v) is 23.8. The first-order valence-electron chi connectivity index (χ1n) is 12.9. The molecule has 5 rings (SSSR count). The van der Waals surface area contributed by atoms with Crippen LogP contribution in [0.1, 0.15) is 18.9 Å². The summed E-state index contributed by atoms with van der Waals surface area (Å²) in [5.74, 6) is 2.02. The van der Waals surface area contributed by atoms with Gasteiger partial charge < -0.3 is 24.4 Å². The third kappa shape index (κ3) is 6.70. The van der Waals surface area contributed by atoms with Gasteiger partial charge in [-0.25, -0.2) is 0 Å². The number of benzene rings is 3. The van der Waals surface area contributed by atoms with Crippen LogP contribution < -0.4 is 19.7 Å². The molecule has 0 saturated carbocycles. The van der Waals surface area contributed by atoms with E-state index in [2.05, 4.69) is 20.4 Å². The Morgan fingerprint density at radius 3 is 2.48 bits per heavy atom. The van der Waals surface area contributed by atoms with E-state index < -0.39 is 6.10 Å². The van der Waals surface area contributed by atoms with Crippen molar-refractivity contribution < 1.29 is 19.0 Å². The molecule has 0 radical (unpaired) electrons. The summed E-state index contributed by atoms with van der Waals surface area (Å²) in [5, 5.41) is 12.9. The Labute approximate surface area is 242 Å². The van der Waals surface area contributed by atoms with Crippen molar-refractivity contribution in [1.82, 2.24) is 14.8 Å². The van der Waals surface area contributed by atoms with Crippen LogP contribution in [-0.4, -0.2) is 59.8 Å². The van der Waals surface area contributed by atoms with Gasteiger partial charge in [0.05, 0.1) is 36.8 Å². The smallest absolute Gasteiger partial charge is 0.234 e. The van der Waals surface area contributed by atoms with Crippen LogP contribution in [0.5, 0.6) is 11.5 Å². The van der Waals surface area contributed by atoms with Crippen LogP contribution >= 0.6 is 23.4 Å². The first-order chi connectivity index (χ1) is 19.5. The van der Waals surface area contributed by atoms with E-state index in [0.717, 1.165) is 30.2 Å². The third-order valence-electron chi connectivity index (χ3n) is 6.32. The molecule has 208 valence electrons. The number of methoxy groups -OCH3 is 1. The van der Waals surface area contributed by atoms with Gasteiger partial charge in [0, 0.05) is 24.5 Å². The molecule has 1 fully saturated rings. The lowest BCUT2D eigenvalue weighted by atomic mass is 10.2. The van der Waals surface area contributed by atoms with Crippen molar-refractivity contribution >= 4 is 40.6 Å². The second-order valence-electron chi connectivity index (χ2n) is 9.05. The minimum atomic E-state index is -0.406. The van der Waals surface area contributed by atoms with Crippen molar-refractivity contribution in [1.29, 1.82) is 0 Å². The third-order valence-corrected chi connectivity index (χ3v) is 7.56. The van der Waals surface area contributed by atoms with Gasteiger partial charge in [0.15, 0.2) is 17.1 Å². The van der Waals surface area contributed by atoms with Gasteiger partial charge in [0.25, 0.3) is 0 Å². The van der Waals surface area contributed by atoms with E-state index in [9.17, 15) is 4.79 Å². The highest BCUT2D eigenvalue weighted by molar-refractivity contribution is 7.99. The van der Waals surface area contributed by atoms with Crippen molar-refractivity contribution in [3.8, 4) is 17.2 Å². The fraction of sp³-hybridized carbons (Fsp3) is 0.276. The molecule has 2 heterocycles. The van der Waals surface area contributed by atoms with E-state index in [1.807, 2.05) is 78.2 Å². The molecule has 0 bridgehead atoms. The topological polar surface area (TPSA) is 90.7 Å². The van der Waals surface area contributed by atoms with Gasteiger partial charge >= 0.3 is 0 Å². The fourth-order valence-corrected chi connectivity index (χ4v) is 5.40. The number of aromatic nitrogens is 3. The van der Waals surface area contributed by atoms with Gasteiger partial charge in [-0.3, -0.25) is 9.36 Å². The minimum Gasteiger partial charge on any atom is -0.497 e. The number of hydrogen-bond acceptors (Lipinski definition) is 8. The molecule has 1 aromatic heterocycles. The van der Waals surface area contributed by atoms with Crippen LogP contribution in [0.15, 0.2) is 78.0 Å². The predicted octanol–water partition coefficient (Wildman–Crippen LogP) is 5.64. The molecule has 40 heavy (non-hydrogen) atoms. The molecule has 1 atom stereocenters. The SMILES string of the molecule is COc1ccc(OC(C)c2nnc(SCC(=O)Nc3ccc(N4CCOCC4)c(Cl)c3)n2-c2ccccc2)cc1. The lowest BCUT2D eigenvalue weighted by Crippen LogP contribution is -2.36. The second kappa shape index (κ2) is 13.1. The summed E-state index contributed by atoms with van der Waals surface area (Å²) in [6.45, 7) is 4.84. The second-order valence-corrected chi connectivity index (χ2v) is 10.4. The first-order valence-corrected chi connectivity index (χ1v) is 14.2. The van der Waals surface area contributed by atoms with E-state index in [4.69, 9.17) is 25.8 Å². The summed E-state index contributed by atoms with van der Waals surface area (Å²) in [4.78, 5) is 15.1. The van der Waals surface area contributed by atoms with Gasteiger partial charge in [-0.1, -0.05) is 41.6 Å². The number of amides is 1. The number of nitrogens with one attached hydrogen (secondary N) is 1. The number of carbonyl (C=O) groups excluding carboxylic acids is 1. The van der Waals surface area contributed by atoms with E-state index in [0.29, 0.717) is 40.7 Å². The lowest BCUT2D eigenvalue weighted by Gasteiger charge is -2.29. The highest BCUT2D eigenvalue weighted by atomic mass is 35.5. The maximum absolute atomic E-state index is 12.9. The summed E-state index contributed by atoms with van der Waals surface area (Å²) in [6.07, 6.45) is -0.406. The number of halogens is 1. The number of carbonyl (C=O) groups is 1. The summed E-state index contributed by atoms with van der Waals surface area (Å²) in [6, 6.07) is 22.7. The summed E-state index contributed by atoms with van der Waals surface area (Å²) in [7, 11) is 1.62. The Kier molecular flexibility index (Phi) is 9.10. The van der Waals surface area contributed by atoms with Crippen molar-refractivity contribution in [3.63, 3.8) is 0 Å². The van der Waals surface area contributed by atoms with Crippen molar-refractivity contribution in [3.05, 3.63) is 83.6 Å². The van der Waals surface area contributed by atoms with Crippen LogP contribution in [0.25, 0.3) is 5.69 Å². The summed E-state index contributed by atoms with van der Waals surface area (Å²) in [5.41, 5.74) is 2.45. The highest BCUT2D eigenvalue weighted by Gasteiger charge is 2.22. The quantitative estimate of drug-likeness (QED) is 0.242. The Bertz CT molecular complexity index is 1430. The molecule has 1 saturated heterocycles. The Morgan fingerprint density at radius 1 is 1.05 bits per heavy atom. The summed E-state index contributed by atoms with van der Waals surface area (Å²) >= 11 is 7.83. The zero-order chi connectivity index (χ0) is 27.9. The van der Waals surface area contributed by atoms with Crippen LogP contribution in [0.2, 0.25) is 5.02 Å². The van der Waals surface area contributed by atoms with Crippen LogP contribution in [0.4, 0.5) is 11.4 Å². The van der Waals surface area contributed by atoms with Gasteiger partial charge in [0.2, 0.25) is 5.91 Å². The molecule has 4 aromatic rings. The average Bonchev–Trinajstić information content (AvgIpc) is 3.42. The van der Waals surface area contributed by atoms with Crippen LogP contribution in [-0.2, 0) is 9.53 Å². The Hall–Kier alpha value is -3.73. The van der Waals surface area contributed by atoms with Gasteiger partial charge in [0.1, 0.15) is 11.5 Å². The molecule has 1 unspecified atom stereocenters. The monoisotopic (exact) mass is 579 g/mol. The number of thioether (sulfide) groups is 1. The standard InChI is InChI=1S/C29H30ClN5O4S/c1-20(39-24-11-9-23(37-2)10-12-24)28-32-33-29(35(28)22-6-4-3-5-7-22)40-19-27(36)31-21-8-13-26(25(30)18-21)34-14-16-38-17-15-34/h3-13,18,20H,14-17,19H2,1-2H3,(H,31,36). The number of rotatable bonds is 10. The highest BCUT2D eigenvalue weighted by Crippen LogP contribution is 2.31. The normalized spacial score (nSPS) is 14.0. The summed E-state index contributed by atoms with van der Waals surface area (Å²) < 4.78 is 18.7. The predicted molar refractivity (Wildman–Crippen MR) is 157 cm³/mol. The van der Waals surface area contributed by atoms with E-state index in [-0.39, 0.29) is 11.7 Å². The van der Waals surface area contributed by atoms with Crippen molar-refractivity contribution in [2.24, 2.45) is 0 Å². The maximum Gasteiger partial charge on any atom is 0.234 e. The minimum absolute atomic E-state index is 0.140. The Morgan fingerprint density at radius 2 is 1.77 bits per heavy atom.